The number of benzene rings is 2. The second-order valence-corrected chi connectivity index (χ2v) is 13.2. The van der Waals surface area contributed by atoms with Crippen LogP contribution in [0.25, 0.3) is 0 Å². The standard InChI is InChI=1S/C34H40ClN3O4/c1-19-8-11-23(12-9-19)15-17-38-30(32(40)37-26-7-5-6-20(2)22(26)4)34-16-14-27(42-34)28(29(34)33(38)41)31(39)36-24-13-10-21(3)25(35)18-24/h8-14,16,18,20,22,26-30H,5-7,15,17H2,1-4H3,(H,36,39)(H,37,40). The summed E-state index contributed by atoms with van der Waals surface area (Å²) in [6.07, 6.45) is 6.88. The lowest BCUT2D eigenvalue weighted by Gasteiger charge is -2.38. The molecule has 222 valence electrons. The third-order valence-corrected chi connectivity index (χ3v) is 10.6. The Balaban J connectivity index is 1.30. The molecular weight excluding hydrogens is 550 g/mol. The molecule has 2 saturated heterocycles. The van der Waals surface area contributed by atoms with Crippen LogP contribution in [0.2, 0.25) is 5.02 Å². The van der Waals surface area contributed by atoms with Gasteiger partial charge in [-0.1, -0.05) is 86.3 Å². The summed E-state index contributed by atoms with van der Waals surface area (Å²) in [5, 5.41) is 6.83. The van der Waals surface area contributed by atoms with E-state index in [9.17, 15) is 14.4 Å². The van der Waals surface area contributed by atoms with Gasteiger partial charge in [0, 0.05) is 23.3 Å². The number of carbonyl (C=O) groups is 3. The number of carbonyl (C=O) groups excluding carboxylic acids is 3. The molecule has 1 saturated carbocycles. The molecule has 2 aromatic carbocycles. The fraction of sp³-hybridized carbons (Fsp3) is 0.500. The predicted molar refractivity (Wildman–Crippen MR) is 163 cm³/mol. The number of ether oxygens (including phenoxy) is 1. The lowest BCUT2D eigenvalue weighted by Crippen LogP contribution is -2.58. The van der Waals surface area contributed by atoms with Gasteiger partial charge < -0.3 is 20.3 Å². The van der Waals surface area contributed by atoms with Crippen molar-refractivity contribution < 1.29 is 19.1 Å². The van der Waals surface area contributed by atoms with Gasteiger partial charge in [0.25, 0.3) is 0 Å². The van der Waals surface area contributed by atoms with E-state index in [1.54, 1.807) is 17.0 Å². The molecule has 7 nitrogen and oxygen atoms in total. The first-order chi connectivity index (χ1) is 20.1. The molecule has 8 unspecified atom stereocenters. The lowest BCUT2D eigenvalue weighted by atomic mass is 9.73. The highest BCUT2D eigenvalue weighted by molar-refractivity contribution is 6.31. The molecular formula is C34H40ClN3O4. The van der Waals surface area contributed by atoms with Crippen LogP contribution in [0.3, 0.4) is 0 Å². The van der Waals surface area contributed by atoms with Gasteiger partial charge in [-0.2, -0.15) is 0 Å². The first-order valence-electron chi connectivity index (χ1n) is 15.2. The number of nitrogens with one attached hydrogen (secondary N) is 2. The van der Waals surface area contributed by atoms with E-state index in [-0.39, 0.29) is 23.8 Å². The van der Waals surface area contributed by atoms with Crippen molar-refractivity contribution in [3.8, 4) is 0 Å². The molecule has 2 aromatic rings. The highest BCUT2D eigenvalue weighted by Gasteiger charge is 2.72. The number of hydrogen-bond acceptors (Lipinski definition) is 4. The first-order valence-corrected chi connectivity index (χ1v) is 15.6. The van der Waals surface area contributed by atoms with Crippen LogP contribution in [0.5, 0.6) is 0 Å². The fourth-order valence-corrected chi connectivity index (χ4v) is 7.64. The van der Waals surface area contributed by atoms with E-state index in [0.29, 0.717) is 35.5 Å². The van der Waals surface area contributed by atoms with Crippen LogP contribution in [0.4, 0.5) is 5.69 Å². The number of likely N-dealkylation sites (tertiary alicyclic amines) is 1. The van der Waals surface area contributed by atoms with E-state index >= 15 is 0 Å². The third kappa shape index (κ3) is 4.94. The van der Waals surface area contributed by atoms with Crippen molar-refractivity contribution in [2.75, 3.05) is 11.9 Å². The van der Waals surface area contributed by atoms with Gasteiger partial charge in [0.15, 0.2) is 0 Å². The minimum absolute atomic E-state index is 0.0405. The molecule has 3 fully saturated rings. The summed E-state index contributed by atoms with van der Waals surface area (Å²) < 4.78 is 6.52. The zero-order valence-electron chi connectivity index (χ0n) is 24.7. The summed E-state index contributed by atoms with van der Waals surface area (Å²) in [5.41, 5.74) is 2.54. The van der Waals surface area contributed by atoms with E-state index in [4.69, 9.17) is 16.3 Å². The van der Waals surface area contributed by atoms with Crippen LogP contribution in [0, 0.1) is 37.5 Å². The van der Waals surface area contributed by atoms with Gasteiger partial charge in [-0.15, -0.1) is 0 Å². The van der Waals surface area contributed by atoms with Crippen molar-refractivity contribution in [3.05, 3.63) is 76.3 Å². The van der Waals surface area contributed by atoms with Crippen molar-refractivity contribution in [2.24, 2.45) is 23.7 Å². The Hall–Kier alpha value is -3.16. The number of hydrogen-bond donors (Lipinski definition) is 2. The summed E-state index contributed by atoms with van der Waals surface area (Å²) >= 11 is 6.30. The largest absolute Gasteiger partial charge is 0.359 e. The van der Waals surface area contributed by atoms with E-state index < -0.39 is 29.6 Å². The first kappa shape index (κ1) is 28.9. The summed E-state index contributed by atoms with van der Waals surface area (Å²) in [4.78, 5) is 43.9. The molecule has 1 aliphatic carbocycles. The Morgan fingerprint density at radius 2 is 1.83 bits per heavy atom. The van der Waals surface area contributed by atoms with Gasteiger partial charge >= 0.3 is 0 Å². The molecule has 2 bridgehead atoms. The third-order valence-electron chi connectivity index (χ3n) is 10.2. The highest BCUT2D eigenvalue weighted by atomic mass is 35.5. The van der Waals surface area contributed by atoms with Crippen molar-refractivity contribution in [1.29, 1.82) is 0 Å². The van der Waals surface area contributed by atoms with Crippen LogP contribution >= 0.6 is 11.6 Å². The maximum atomic E-state index is 14.3. The smallest absolute Gasteiger partial charge is 0.246 e. The molecule has 4 aliphatic rings. The number of amides is 3. The molecule has 0 aromatic heterocycles. The maximum absolute atomic E-state index is 14.3. The minimum Gasteiger partial charge on any atom is -0.359 e. The van der Waals surface area contributed by atoms with E-state index in [1.807, 2.05) is 32.1 Å². The van der Waals surface area contributed by atoms with Crippen LogP contribution in [0.15, 0.2) is 54.6 Å². The highest BCUT2D eigenvalue weighted by Crippen LogP contribution is 2.55. The molecule has 42 heavy (non-hydrogen) atoms. The summed E-state index contributed by atoms with van der Waals surface area (Å²) in [6, 6.07) is 12.8. The van der Waals surface area contributed by atoms with Crippen LogP contribution in [-0.2, 0) is 25.5 Å². The SMILES string of the molecule is Cc1ccc(CCN2C(=O)C3C(C(=O)Nc4ccc(C)c(Cl)c4)C4C=CC3(O4)C2C(=O)NC2CCCC(C)C2C)cc1. The lowest BCUT2D eigenvalue weighted by molar-refractivity contribution is -0.141. The minimum atomic E-state index is -1.18. The summed E-state index contributed by atoms with van der Waals surface area (Å²) in [7, 11) is 0. The Morgan fingerprint density at radius 3 is 2.57 bits per heavy atom. The molecule has 1 spiro atoms. The molecule has 3 aliphatic heterocycles. The van der Waals surface area contributed by atoms with Gasteiger partial charge in [0.1, 0.15) is 11.6 Å². The molecule has 3 amide bonds. The Kier molecular flexibility index (Phi) is 7.69. The normalized spacial score (nSPS) is 33.1. The van der Waals surface area contributed by atoms with Crippen LogP contribution in [0.1, 0.15) is 49.8 Å². The second kappa shape index (κ2) is 11.2. The topological polar surface area (TPSA) is 87.7 Å². The van der Waals surface area contributed by atoms with Crippen molar-refractivity contribution in [2.45, 2.75) is 77.2 Å². The fourth-order valence-electron chi connectivity index (χ4n) is 7.46. The number of anilines is 1. The molecule has 3 heterocycles. The van der Waals surface area contributed by atoms with Gasteiger partial charge in [0.05, 0.1) is 17.9 Å². The molecule has 8 atom stereocenters. The molecule has 2 N–H and O–H groups in total. The predicted octanol–water partition coefficient (Wildman–Crippen LogP) is 5.23. The zero-order chi connectivity index (χ0) is 29.8. The zero-order valence-corrected chi connectivity index (χ0v) is 25.5. The molecule has 0 radical (unpaired) electrons. The van der Waals surface area contributed by atoms with Crippen LogP contribution in [-0.4, -0.2) is 53.0 Å². The summed E-state index contributed by atoms with van der Waals surface area (Å²) in [6.45, 7) is 8.73. The Morgan fingerprint density at radius 1 is 1.07 bits per heavy atom. The van der Waals surface area contributed by atoms with Gasteiger partial charge in [-0.3, -0.25) is 14.4 Å². The number of fused-ring (bicyclic) bond motifs is 1. The average Bonchev–Trinajstić information content (AvgIpc) is 3.60. The van der Waals surface area contributed by atoms with Crippen molar-refractivity contribution in [1.82, 2.24) is 10.2 Å². The average molecular weight is 590 g/mol. The Labute approximate surface area is 253 Å². The summed E-state index contributed by atoms with van der Waals surface area (Å²) in [5.74, 6) is -1.40. The number of halogens is 1. The van der Waals surface area contributed by atoms with Crippen molar-refractivity contribution in [3.63, 3.8) is 0 Å². The van der Waals surface area contributed by atoms with Crippen molar-refractivity contribution >= 4 is 35.0 Å². The molecule has 6 rings (SSSR count). The van der Waals surface area contributed by atoms with Gasteiger partial charge in [-0.25, -0.2) is 0 Å². The van der Waals surface area contributed by atoms with E-state index in [0.717, 1.165) is 36.0 Å². The quantitative estimate of drug-likeness (QED) is 0.433. The van der Waals surface area contributed by atoms with E-state index in [1.165, 1.54) is 0 Å². The molecule has 8 heteroatoms. The maximum Gasteiger partial charge on any atom is 0.246 e. The monoisotopic (exact) mass is 589 g/mol. The van der Waals surface area contributed by atoms with E-state index in [2.05, 4.69) is 48.7 Å². The van der Waals surface area contributed by atoms with Gasteiger partial charge in [0.2, 0.25) is 17.7 Å². The number of nitrogens with zero attached hydrogens (tertiary/aromatic N) is 1. The Bertz CT molecular complexity index is 1420. The second-order valence-electron chi connectivity index (χ2n) is 12.8. The number of rotatable bonds is 7. The number of aryl methyl sites for hydroxylation is 2. The van der Waals surface area contributed by atoms with Crippen LogP contribution < -0.4 is 10.6 Å². The van der Waals surface area contributed by atoms with Gasteiger partial charge in [-0.05, 0) is 61.8 Å².